The molecule has 0 spiro atoms. The predicted molar refractivity (Wildman–Crippen MR) is 42.0 cm³/mol. The molecule has 0 atom stereocenters. The van der Waals surface area contributed by atoms with Gasteiger partial charge in [-0.15, -0.1) is 12.4 Å². The average molecular weight is 154 g/mol. The second-order valence-electron chi connectivity index (χ2n) is 2.73. The van der Waals surface area contributed by atoms with Crippen molar-refractivity contribution in [2.45, 2.75) is 25.8 Å². The van der Waals surface area contributed by atoms with E-state index in [1.807, 2.05) is 13.8 Å². The SMILES string of the molecule is COCCC(C)(C)N.Cl. The van der Waals surface area contributed by atoms with Crippen LogP contribution in [-0.2, 0) is 4.74 Å². The Labute approximate surface area is 63.2 Å². The third kappa shape index (κ3) is 11.7. The van der Waals surface area contributed by atoms with Gasteiger partial charge in [0, 0.05) is 19.3 Å². The molecule has 0 rings (SSSR count). The normalized spacial score (nSPS) is 10.7. The van der Waals surface area contributed by atoms with E-state index in [9.17, 15) is 0 Å². The third-order valence-electron chi connectivity index (χ3n) is 0.951. The minimum atomic E-state index is -0.0734. The molecule has 0 aliphatic heterocycles. The molecular weight excluding hydrogens is 138 g/mol. The Morgan fingerprint density at radius 2 is 1.89 bits per heavy atom. The van der Waals surface area contributed by atoms with Crippen LogP contribution in [0.5, 0.6) is 0 Å². The van der Waals surface area contributed by atoms with Gasteiger partial charge in [0.05, 0.1) is 0 Å². The van der Waals surface area contributed by atoms with Crippen LogP contribution in [0.15, 0.2) is 0 Å². The summed E-state index contributed by atoms with van der Waals surface area (Å²) >= 11 is 0. The van der Waals surface area contributed by atoms with Crippen molar-refractivity contribution in [1.29, 1.82) is 0 Å². The number of methoxy groups -OCH3 is 1. The summed E-state index contributed by atoms with van der Waals surface area (Å²) in [5.74, 6) is 0. The summed E-state index contributed by atoms with van der Waals surface area (Å²) in [4.78, 5) is 0. The van der Waals surface area contributed by atoms with Gasteiger partial charge in [0.2, 0.25) is 0 Å². The van der Waals surface area contributed by atoms with Crippen molar-refractivity contribution >= 4 is 12.4 Å². The van der Waals surface area contributed by atoms with E-state index in [-0.39, 0.29) is 17.9 Å². The molecule has 3 heteroatoms. The predicted octanol–water partition coefficient (Wildman–Crippen LogP) is 1.18. The lowest BCUT2D eigenvalue weighted by Gasteiger charge is -2.16. The fraction of sp³-hybridized carbons (Fsp3) is 1.00. The molecule has 0 aliphatic carbocycles. The standard InChI is InChI=1S/C6H15NO.ClH/c1-6(2,7)4-5-8-3;/h4-5,7H2,1-3H3;1H. The van der Waals surface area contributed by atoms with Gasteiger partial charge in [-0.3, -0.25) is 0 Å². The molecule has 0 saturated carbocycles. The van der Waals surface area contributed by atoms with Crippen LogP contribution in [0.25, 0.3) is 0 Å². The monoisotopic (exact) mass is 153 g/mol. The molecule has 0 fully saturated rings. The number of hydrogen-bond donors (Lipinski definition) is 1. The Morgan fingerprint density at radius 3 is 2.00 bits per heavy atom. The quantitative estimate of drug-likeness (QED) is 0.661. The number of hydrogen-bond acceptors (Lipinski definition) is 2. The fourth-order valence-electron chi connectivity index (χ4n) is 0.365. The van der Waals surface area contributed by atoms with Gasteiger partial charge in [0.25, 0.3) is 0 Å². The topological polar surface area (TPSA) is 35.2 Å². The van der Waals surface area contributed by atoms with Crippen molar-refractivity contribution < 1.29 is 4.74 Å². The fourth-order valence-corrected chi connectivity index (χ4v) is 0.365. The molecule has 9 heavy (non-hydrogen) atoms. The van der Waals surface area contributed by atoms with Gasteiger partial charge in [-0.2, -0.15) is 0 Å². The molecule has 0 bridgehead atoms. The zero-order valence-corrected chi connectivity index (χ0v) is 7.12. The first-order chi connectivity index (χ1) is 3.56. The van der Waals surface area contributed by atoms with Crippen LogP contribution in [0.1, 0.15) is 20.3 Å². The van der Waals surface area contributed by atoms with Crippen LogP contribution in [-0.4, -0.2) is 19.3 Å². The summed E-state index contributed by atoms with van der Waals surface area (Å²) < 4.78 is 4.84. The summed E-state index contributed by atoms with van der Waals surface area (Å²) in [7, 11) is 1.69. The van der Waals surface area contributed by atoms with Gasteiger partial charge in [0.1, 0.15) is 0 Å². The first-order valence-electron chi connectivity index (χ1n) is 2.84. The maximum Gasteiger partial charge on any atom is 0.0479 e. The molecule has 0 aromatic carbocycles. The van der Waals surface area contributed by atoms with Gasteiger partial charge in [-0.05, 0) is 20.3 Å². The Hall–Kier alpha value is 0.210. The highest BCUT2D eigenvalue weighted by molar-refractivity contribution is 5.85. The lowest BCUT2D eigenvalue weighted by Crippen LogP contribution is -2.32. The second kappa shape index (κ2) is 5.03. The highest BCUT2D eigenvalue weighted by Gasteiger charge is 2.08. The smallest absolute Gasteiger partial charge is 0.0479 e. The number of halogens is 1. The molecule has 0 aliphatic rings. The average Bonchev–Trinajstić information content (AvgIpc) is 1.59. The van der Waals surface area contributed by atoms with Crippen molar-refractivity contribution in [3.05, 3.63) is 0 Å². The highest BCUT2D eigenvalue weighted by atomic mass is 35.5. The summed E-state index contributed by atoms with van der Waals surface area (Å²) in [6, 6.07) is 0. The molecule has 2 N–H and O–H groups in total. The minimum absolute atomic E-state index is 0. The van der Waals surface area contributed by atoms with Crippen LogP contribution in [0.4, 0.5) is 0 Å². The van der Waals surface area contributed by atoms with Gasteiger partial charge >= 0.3 is 0 Å². The van der Waals surface area contributed by atoms with Crippen LogP contribution < -0.4 is 5.73 Å². The molecule has 0 heterocycles. The molecule has 0 unspecified atom stereocenters. The van der Waals surface area contributed by atoms with E-state index in [0.717, 1.165) is 13.0 Å². The third-order valence-corrected chi connectivity index (χ3v) is 0.951. The maximum atomic E-state index is 5.64. The van der Waals surface area contributed by atoms with E-state index in [1.165, 1.54) is 0 Å². The van der Waals surface area contributed by atoms with Crippen LogP contribution in [0.3, 0.4) is 0 Å². The van der Waals surface area contributed by atoms with E-state index >= 15 is 0 Å². The first-order valence-corrected chi connectivity index (χ1v) is 2.84. The van der Waals surface area contributed by atoms with E-state index in [2.05, 4.69) is 0 Å². The molecular formula is C6H16ClNO. The molecule has 2 nitrogen and oxygen atoms in total. The van der Waals surface area contributed by atoms with Gasteiger partial charge in [-0.25, -0.2) is 0 Å². The molecule has 0 aromatic heterocycles. The maximum absolute atomic E-state index is 5.64. The van der Waals surface area contributed by atoms with Crippen molar-refractivity contribution in [1.82, 2.24) is 0 Å². The Morgan fingerprint density at radius 1 is 1.44 bits per heavy atom. The molecule has 58 valence electrons. The van der Waals surface area contributed by atoms with E-state index in [1.54, 1.807) is 7.11 Å². The van der Waals surface area contributed by atoms with Crippen LogP contribution in [0.2, 0.25) is 0 Å². The van der Waals surface area contributed by atoms with E-state index in [4.69, 9.17) is 10.5 Å². The van der Waals surface area contributed by atoms with Crippen molar-refractivity contribution in [2.24, 2.45) is 5.73 Å². The van der Waals surface area contributed by atoms with Crippen LogP contribution in [0, 0.1) is 0 Å². The second-order valence-corrected chi connectivity index (χ2v) is 2.73. The van der Waals surface area contributed by atoms with Crippen molar-refractivity contribution in [2.75, 3.05) is 13.7 Å². The van der Waals surface area contributed by atoms with Crippen molar-refractivity contribution in [3.63, 3.8) is 0 Å². The van der Waals surface area contributed by atoms with Gasteiger partial charge in [-0.1, -0.05) is 0 Å². The molecule has 0 saturated heterocycles. The zero-order valence-electron chi connectivity index (χ0n) is 6.31. The lowest BCUT2D eigenvalue weighted by atomic mass is 10.0. The van der Waals surface area contributed by atoms with Gasteiger partial charge < -0.3 is 10.5 Å². The number of nitrogens with two attached hydrogens (primary N) is 1. The Balaban J connectivity index is 0. The largest absolute Gasteiger partial charge is 0.385 e. The molecule has 0 amide bonds. The number of rotatable bonds is 3. The minimum Gasteiger partial charge on any atom is -0.385 e. The zero-order chi connectivity index (χ0) is 6.62. The van der Waals surface area contributed by atoms with Crippen LogP contribution >= 0.6 is 12.4 Å². The summed E-state index contributed by atoms with van der Waals surface area (Å²) in [5.41, 5.74) is 5.57. The number of ether oxygens (including phenoxy) is 1. The first kappa shape index (κ1) is 11.9. The summed E-state index contributed by atoms with van der Waals surface area (Å²) in [6.45, 7) is 4.74. The summed E-state index contributed by atoms with van der Waals surface area (Å²) in [5, 5.41) is 0. The summed E-state index contributed by atoms with van der Waals surface area (Å²) in [6.07, 6.45) is 0.920. The van der Waals surface area contributed by atoms with E-state index in [0.29, 0.717) is 0 Å². The van der Waals surface area contributed by atoms with Gasteiger partial charge in [0.15, 0.2) is 0 Å². The lowest BCUT2D eigenvalue weighted by molar-refractivity contribution is 0.176. The Bertz CT molecular complexity index is 60.6. The Kier molecular flexibility index (Phi) is 6.68. The van der Waals surface area contributed by atoms with E-state index < -0.39 is 0 Å². The van der Waals surface area contributed by atoms with Crippen molar-refractivity contribution in [3.8, 4) is 0 Å². The highest BCUT2D eigenvalue weighted by Crippen LogP contribution is 2.01. The molecule has 0 aromatic rings. The molecule has 0 radical (unpaired) electrons.